The molecule has 0 spiro atoms. The largest absolute Gasteiger partial charge is 0.361 e. The second kappa shape index (κ2) is 8.41. The lowest BCUT2D eigenvalue weighted by Gasteiger charge is -2.36. The number of carbonyl (C=O) groups excluding carboxylic acids is 1. The van der Waals surface area contributed by atoms with Gasteiger partial charge in [-0.15, -0.1) is 0 Å². The van der Waals surface area contributed by atoms with E-state index < -0.39 is 0 Å². The maximum atomic E-state index is 12.4. The first-order valence-electron chi connectivity index (χ1n) is 8.85. The third-order valence-corrected chi connectivity index (χ3v) is 5.06. The van der Waals surface area contributed by atoms with Crippen LogP contribution in [0.25, 0.3) is 5.53 Å². The quantitative estimate of drug-likeness (QED) is 0.463. The molecule has 128 valence electrons. The normalized spacial score (nSPS) is 19.7. The zero-order valence-electron chi connectivity index (χ0n) is 14.3. The van der Waals surface area contributed by atoms with Crippen LogP contribution in [0.5, 0.6) is 0 Å². The average molecular weight is 333 g/mol. The van der Waals surface area contributed by atoms with Crippen molar-refractivity contribution in [1.82, 2.24) is 4.90 Å². The van der Waals surface area contributed by atoms with E-state index in [2.05, 4.69) is 29.1 Å². The van der Waals surface area contributed by atoms with Gasteiger partial charge in [0.05, 0.1) is 0 Å². The first kappa shape index (κ1) is 17.1. The highest BCUT2D eigenvalue weighted by Crippen LogP contribution is 2.35. The van der Waals surface area contributed by atoms with Crippen molar-refractivity contribution in [3.8, 4) is 0 Å². The standard InChI is InChI=1S/C21H23N3O/c22-23-15-21(25)24(16-17-7-3-1-4-8-17)20-13-11-19(12-14-20)18-9-5-2-6-10-18/h1-10,15,19-20H,11-14,16H2. The van der Waals surface area contributed by atoms with Crippen LogP contribution >= 0.6 is 0 Å². The summed E-state index contributed by atoms with van der Waals surface area (Å²) < 4.78 is 0. The minimum atomic E-state index is -0.227. The molecule has 25 heavy (non-hydrogen) atoms. The van der Waals surface area contributed by atoms with Gasteiger partial charge in [-0.05, 0) is 42.7 Å². The molecule has 1 amide bonds. The van der Waals surface area contributed by atoms with E-state index in [0.717, 1.165) is 37.5 Å². The topological polar surface area (TPSA) is 56.7 Å². The molecule has 0 atom stereocenters. The third-order valence-electron chi connectivity index (χ3n) is 5.06. The second-order valence-electron chi connectivity index (χ2n) is 6.61. The SMILES string of the molecule is [N-]=[N+]=CC(=O)N(Cc1ccccc1)C1CCC(c2ccccc2)CC1. The number of carbonyl (C=O) groups is 1. The predicted molar refractivity (Wildman–Crippen MR) is 98.1 cm³/mol. The molecule has 4 nitrogen and oxygen atoms in total. The number of rotatable bonds is 5. The van der Waals surface area contributed by atoms with Gasteiger partial charge in [0.25, 0.3) is 0 Å². The summed E-state index contributed by atoms with van der Waals surface area (Å²) in [6.45, 7) is 0.548. The smallest absolute Gasteiger partial charge is 0.344 e. The molecule has 0 aromatic heterocycles. The number of nitrogens with zero attached hydrogens (tertiary/aromatic N) is 3. The fraction of sp³-hybridized carbons (Fsp3) is 0.333. The molecule has 0 saturated heterocycles. The van der Waals surface area contributed by atoms with Gasteiger partial charge >= 0.3 is 12.1 Å². The first-order valence-corrected chi connectivity index (χ1v) is 8.85. The number of hydrogen-bond donors (Lipinski definition) is 0. The van der Waals surface area contributed by atoms with E-state index >= 15 is 0 Å². The molecule has 0 heterocycles. The van der Waals surface area contributed by atoms with Crippen molar-refractivity contribution in [3.63, 3.8) is 0 Å². The van der Waals surface area contributed by atoms with Gasteiger partial charge in [0.2, 0.25) is 0 Å². The summed E-state index contributed by atoms with van der Waals surface area (Å²) in [5.41, 5.74) is 11.2. The van der Waals surface area contributed by atoms with E-state index in [1.54, 1.807) is 0 Å². The maximum Gasteiger partial charge on any atom is 0.344 e. The van der Waals surface area contributed by atoms with E-state index in [0.29, 0.717) is 12.5 Å². The fourth-order valence-electron chi connectivity index (χ4n) is 3.74. The lowest BCUT2D eigenvalue weighted by atomic mass is 9.81. The van der Waals surface area contributed by atoms with Gasteiger partial charge < -0.3 is 10.4 Å². The van der Waals surface area contributed by atoms with Crippen LogP contribution in [0.15, 0.2) is 60.7 Å². The Hall–Kier alpha value is -2.71. The van der Waals surface area contributed by atoms with Crippen molar-refractivity contribution in [2.45, 2.75) is 44.2 Å². The summed E-state index contributed by atoms with van der Waals surface area (Å²) in [5, 5.41) is 0. The zero-order valence-corrected chi connectivity index (χ0v) is 14.3. The molecule has 2 aromatic carbocycles. The van der Waals surface area contributed by atoms with Gasteiger partial charge in [0.1, 0.15) is 0 Å². The fourth-order valence-corrected chi connectivity index (χ4v) is 3.74. The van der Waals surface area contributed by atoms with Gasteiger partial charge in [-0.1, -0.05) is 60.7 Å². The van der Waals surface area contributed by atoms with Crippen molar-refractivity contribution in [3.05, 3.63) is 77.3 Å². The van der Waals surface area contributed by atoms with Gasteiger partial charge in [-0.3, -0.25) is 4.79 Å². The van der Waals surface area contributed by atoms with Crippen molar-refractivity contribution >= 4 is 12.1 Å². The van der Waals surface area contributed by atoms with Crippen LogP contribution in [0.2, 0.25) is 0 Å². The Labute approximate surface area is 148 Å². The molecule has 1 aliphatic carbocycles. The highest BCUT2D eigenvalue weighted by Gasteiger charge is 2.30. The van der Waals surface area contributed by atoms with Crippen LogP contribution < -0.4 is 0 Å². The van der Waals surface area contributed by atoms with Gasteiger partial charge in [0.15, 0.2) is 0 Å². The van der Waals surface area contributed by atoms with Crippen LogP contribution in [0.3, 0.4) is 0 Å². The molecule has 1 fully saturated rings. The van der Waals surface area contributed by atoms with E-state index in [1.807, 2.05) is 41.3 Å². The third kappa shape index (κ3) is 4.43. The van der Waals surface area contributed by atoms with Crippen LogP contribution in [0.4, 0.5) is 0 Å². The lowest BCUT2D eigenvalue weighted by molar-refractivity contribution is -0.131. The molecule has 4 heteroatoms. The monoisotopic (exact) mass is 333 g/mol. The Balaban J connectivity index is 1.69. The summed E-state index contributed by atoms with van der Waals surface area (Å²) in [6, 6.07) is 20.7. The average Bonchev–Trinajstić information content (AvgIpc) is 2.68. The zero-order chi connectivity index (χ0) is 17.5. The Morgan fingerprint density at radius 3 is 2.20 bits per heavy atom. The number of hydrogen-bond acceptors (Lipinski definition) is 1. The van der Waals surface area contributed by atoms with E-state index in [1.165, 1.54) is 5.56 Å². The Bertz CT molecular complexity index is 730. The first-order chi connectivity index (χ1) is 12.3. The molecule has 2 aromatic rings. The summed E-state index contributed by atoms with van der Waals surface area (Å²) in [7, 11) is 0. The molecule has 0 unspecified atom stereocenters. The van der Waals surface area contributed by atoms with Crippen LogP contribution in [0.1, 0.15) is 42.7 Å². The minimum Gasteiger partial charge on any atom is -0.361 e. The Morgan fingerprint density at radius 2 is 1.60 bits per heavy atom. The van der Waals surface area contributed by atoms with Crippen molar-refractivity contribution in [1.29, 1.82) is 0 Å². The molecule has 0 radical (unpaired) electrons. The summed E-state index contributed by atoms with van der Waals surface area (Å²) in [4.78, 5) is 17.2. The predicted octanol–water partition coefficient (Wildman–Crippen LogP) is 4.04. The summed E-state index contributed by atoms with van der Waals surface area (Å²) >= 11 is 0. The highest BCUT2D eigenvalue weighted by molar-refractivity contribution is 6.23. The number of amides is 1. The molecular formula is C21H23N3O. The highest BCUT2D eigenvalue weighted by atomic mass is 16.2. The van der Waals surface area contributed by atoms with E-state index in [4.69, 9.17) is 5.53 Å². The Kier molecular flexibility index (Phi) is 5.76. The molecule has 3 rings (SSSR count). The van der Waals surface area contributed by atoms with Crippen molar-refractivity contribution in [2.24, 2.45) is 0 Å². The number of benzene rings is 2. The molecule has 0 N–H and O–H groups in total. The van der Waals surface area contributed by atoms with Crippen molar-refractivity contribution in [2.75, 3.05) is 0 Å². The lowest BCUT2D eigenvalue weighted by Crippen LogP contribution is -2.42. The minimum absolute atomic E-state index is 0.186. The summed E-state index contributed by atoms with van der Waals surface area (Å²) in [6.07, 6.45) is 5.09. The second-order valence-corrected chi connectivity index (χ2v) is 6.61. The van der Waals surface area contributed by atoms with E-state index in [-0.39, 0.29) is 11.9 Å². The van der Waals surface area contributed by atoms with E-state index in [9.17, 15) is 4.79 Å². The summed E-state index contributed by atoms with van der Waals surface area (Å²) in [5.74, 6) is 0.340. The van der Waals surface area contributed by atoms with Gasteiger partial charge in [0, 0.05) is 12.6 Å². The molecule has 0 bridgehead atoms. The molecular weight excluding hydrogens is 310 g/mol. The van der Waals surface area contributed by atoms with Crippen LogP contribution in [-0.4, -0.2) is 27.9 Å². The van der Waals surface area contributed by atoms with Crippen LogP contribution in [-0.2, 0) is 11.3 Å². The maximum absolute atomic E-state index is 12.4. The van der Waals surface area contributed by atoms with Crippen LogP contribution in [0, 0.1) is 0 Å². The molecule has 1 saturated carbocycles. The van der Waals surface area contributed by atoms with Gasteiger partial charge in [-0.25, -0.2) is 0 Å². The molecule has 1 aliphatic rings. The Morgan fingerprint density at radius 1 is 1.00 bits per heavy atom. The van der Waals surface area contributed by atoms with Crippen molar-refractivity contribution < 1.29 is 9.58 Å². The molecule has 0 aliphatic heterocycles. The van der Waals surface area contributed by atoms with Gasteiger partial charge in [-0.2, -0.15) is 4.79 Å².